The van der Waals surface area contributed by atoms with Crippen LogP contribution in [0.4, 0.5) is 24.7 Å². The zero-order valence-electron chi connectivity index (χ0n) is 27.7. The lowest BCUT2D eigenvalue weighted by Gasteiger charge is -2.33. The number of thiophene rings is 1. The van der Waals surface area contributed by atoms with Gasteiger partial charge in [0.2, 0.25) is 5.91 Å². The van der Waals surface area contributed by atoms with Crippen LogP contribution in [0, 0.1) is 18.3 Å². The molecule has 1 saturated heterocycles. The van der Waals surface area contributed by atoms with E-state index in [0.29, 0.717) is 45.2 Å². The number of alkyl halides is 3. The summed E-state index contributed by atoms with van der Waals surface area (Å²) in [5.41, 5.74) is 5.14. The van der Waals surface area contributed by atoms with E-state index in [1.807, 2.05) is 30.5 Å². The molecule has 1 amide bonds. The highest BCUT2D eigenvalue weighted by Crippen LogP contribution is 2.34. The molecule has 14 heteroatoms. The Morgan fingerprint density at radius 1 is 1.20 bits per heavy atom. The number of piperidine rings is 1. The molecule has 0 saturated carbocycles. The van der Waals surface area contributed by atoms with Gasteiger partial charge in [0.25, 0.3) is 0 Å². The first-order valence-corrected chi connectivity index (χ1v) is 17.2. The van der Waals surface area contributed by atoms with Crippen molar-refractivity contribution in [1.82, 2.24) is 24.4 Å². The topological polar surface area (TPSA) is 132 Å². The maximum Gasteiger partial charge on any atom is 0.393 e. The Balaban J connectivity index is 1.12. The smallest absolute Gasteiger partial charge is 0.385 e. The highest BCUT2D eigenvalue weighted by molar-refractivity contribution is 7.18. The monoisotopic (exact) mass is 702 g/mol. The van der Waals surface area contributed by atoms with Crippen LogP contribution in [0.3, 0.4) is 0 Å². The molecule has 1 unspecified atom stereocenters. The molecule has 1 aliphatic rings. The zero-order chi connectivity index (χ0) is 35.6. The number of anilines is 2. The third-order valence-electron chi connectivity index (χ3n) is 9.13. The van der Waals surface area contributed by atoms with Crippen LogP contribution in [0.25, 0.3) is 21.1 Å². The Morgan fingerprint density at radius 2 is 1.98 bits per heavy atom. The normalized spacial score (nSPS) is 14.9. The van der Waals surface area contributed by atoms with Gasteiger partial charge in [0, 0.05) is 41.5 Å². The first-order valence-electron chi connectivity index (χ1n) is 16.4. The first kappa shape index (κ1) is 35.0. The SMILES string of the molecule is C=CC(=O)Nc1ccc(C(O)Cn2c(C#N)cc3c(C)c(CN4CCC(Nc5ncnc6sc(CC(F)(F)F)cc56)CC4)ccc32)nc1CC. The van der Waals surface area contributed by atoms with Crippen LogP contribution in [0.15, 0.2) is 55.4 Å². The molecule has 10 nitrogen and oxygen atoms in total. The molecular formula is C36H37F3N8O2S. The summed E-state index contributed by atoms with van der Waals surface area (Å²) in [4.78, 5) is 28.1. The number of nitriles is 1. The summed E-state index contributed by atoms with van der Waals surface area (Å²) >= 11 is 1.05. The summed E-state index contributed by atoms with van der Waals surface area (Å²) in [7, 11) is 0. The average Bonchev–Trinajstić information content (AvgIpc) is 3.67. The number of nitrogens with one attached hydrogen (secondary N) is 2. The van der Waals surface area contributed by atoms with Crippen LogP contribution < -0.4 is 10.6 Å². The Kier molecular flexibility index (Phi) is 10.2. The highest BCUT2D eigenvalue weighted by atomic mass is 32.1. The molecule has 50 heavy (non-hydrogen) atoms. The van der Waals surface area contributed by atoms with Crippen LogP contribution in [0.5, 0.6) is 0 Å². The zero-order valence-corrected chi connectivity index (χ0v) is 28.5. The third kappa shape index (κ3) is 7.65. The summed E-state index contributed by atoms with van der Waals surface area (Å²) in [6.07, 6.45) is -1.43. The van der Waals surface area contributed by atoms with Crippen LogP contribution >= 0.6 is 11.3 Å². The molecule has 0 bridgehead atoms. The standard InChI is InChI=1S/C36H37F3N8O2S/c1-4-28-29(45-33(49)5-2)7-8-30(44-28)32(48)19-47-24(17-40)14-26-21(3)22(6-9-31(26)47)18-46-12-10-23(11-13-46)43-34-27-15-25(16-36(37,38)39)50-35(27)42-20-41-34/h5-9,14-15,20,23,32,48H,2,4,10-13,16,18-19H2,1,3H3,(H,45,49)(H,41,42,43). The van der Waals surface area contributed by atoms with Gasteiger partial charge in [-0.15, -0.1) is 11.3 Å². The predicted molar refractivity (Wildman–Crippen MR) is 188 cm³/mol. The number of fused-ring (bicyclic) bond motifs is 2. The number of hydrogen-bond acceptors (Lipinski definition) is 9. The quantitative estimate of drug-likeness (QED) is 0.128. The fourth-order valence-electron chi connectivity index (χ4n) is 6.49. The summed E-state index contributed by atoms with van der Waals surface area (Å²) in [5, 5.41) is 29.0. The van der Waals surface area contributed by atoms with E-state index in [-0.39, 0.29) is 23.4 Å². The van der Waals surface area contributed by atoms with Crippen molar-refractivity contribution in [2.45, 2.75) is 70.9 Å². The van der Waals surface area contributed by atoms with Crippen molar-refractivity contribution in [2.24, 2.45) is 0 Å². The average molecular weight is 703 g/mol. The minimum atomic E-state index is -4.28. The van der Waals surface area contributed by atoms with Crippen molar-refractivity contribution in [3.63, 3.8) is 0 Å². The van der Waals surface area contributed by atoms with Gasteiger partial charge in [0.15, 0.2) is 0 Å². The van der Waals surface area contributed by atoms with E-state index < -0.39 is 18.7 Å². The number of rotatable bonds is 11. The van der Waals surface area contributed by atoms with Crippen molar-refractivity contribution >= 4 is 49.9 Å². The fraction of sp³-hybridized carbons (Fsp3) is 0.361. The molecule has 0 radical (unpaired) electrons. The van der Waals surface area contributed by atoms with Gasteiger partial charge in [-0.1, -0.05) is 19.6 Å². The van der Waals surface area contributed by atoms with Gasteiger partial charge in [0.1, 0.15) is 34.8 Å². The van der Waals surface area contributed by atoms with Crippen molar-refractivity contribution < 1.29 is 23.1 Å². The van der Waals surface area contributed by atoms with Gasteiger partial charge < -0.3 is 20.3 Å². The number of nitrogens with zero attached hydrogens (tertiary/aromatic N) is 6. The Morgan fingerprint density at radius 3 is 2.68 bits per heavy atom. The van der Waals surface area contributed by atoms with E-state index in [9.17, 15) is 28.3 Å². The third-order valence-corrected chi connectivity index (χ3v) is 10.2. The second-order valence-electron chi connectivity index (χ2n) is 12.5. The van der Waals surface area contributed by atoms with E-state index in [4.69, 9.17) is 0 Å². The fourth-order valence-corrected chi connectivity index (χ4v) is 7.52. The van der Waals surface area contributed by atoms with Crippen LogP contribution in [0.1, 0.15) is 59.0 Å². The van der Waals surface area contributed by atoms with Crippen molar-refractivity contribution in [1.29, 1.82) is 5.26 Å². The number of benzene rings is 1. The first-order chi connectivity index (χ1) is 24.0. The highest BCUT2D eigenvalue weighted by Gasteiger charge is 2.29. The number of carbonyl (C=O) groups excluding carboxylic acids is 1. The van der Waals surface area contributed by atoms with Gasteiger partial charge in [-0.2, -0.15) is 18.4 Å². The van der Waals surface area contributed by atoms with Crippen LogP contribution in [-0.4, -0.2) is 60.7 Å². The van der Waals surface area contributed by atoms with Crippen molar-refractivity contribution in [2.75, 3.05) is 23.7 Å². The molecule has 0 spiro atoms. The summed E-state index contributed by atoms with van der Waals surface area (Å²) in [5.74, 6) is 0.228. The summed E-state index contributed by atoms with van der Waals surface area (Å²) in [6.45, 7) is 9.96. The molecular weight excluding hydrogens is 666 g/mol. The number of likely N-dealkylation sites (tertiary alicyclic amines) is 1. The van der Waals surface area contributed by atoms with E-state index in [1.54, 1.807) is 18.2 Å². The number of aliphatic hydroxyl groups is 1. The van der Waals surface area contributed by atoms with Gasteiger partial charge in [-0.25, -0.2) is 9.97 Å². The number of pyridine rings is 1. The van der Waals surface area contributed by atoms with E-state index in [1.165, 1.54) is 12.4 Å². The minimum absolute atomic E-state index is 0.127. The number of carbonyl (C=O) groups is 1. The molecule has 1 fully saturated rings. The van der Waals surface area contributed by atoms with Crippen molar-refractivity contribution in [3.05, 3.63) is 88.5 Å². The van der Waals surface area contributed by atoms with E-state index >= 15 is 0 Å². The van der Waals surface area contributed by atoms with E-state index in [2.05, 4.69) is 49.2 Å². The molecule has 1 aliphatic heterocycles. The maximum atomic E-state index is 13.0. The Labute approximate surface area is 291 Å². The number of aliphatic hydroxyl groups excluding tert-OH is 1. The Hall–Kier alpha value is -4.84. The molecule has 6 rings (SSSR count). The Bertz CT molecular complexity index is 2090. The lowest BCUT2D eigenvalue weighted by atomic mass is 10.0. The maximum absolute atomic E-state index is 13.0. The minimum Gasteiger partial charge on any atom is -0.385 e. The van der Waals surface area contributed by atoms with E-state index in [0.717, 1.165) is 65.8 Å². The molecule has 5 heterocycles. The summed E-state index contributed by atoms with van der Waals surface area (Å²) < 4.78 is 40.7. The van der Waals surface area contributed by atoms with Gasteiger partial charge in [-0.05, 0) is 73.7 Å². The molecule has 1 atom stereocenters. The number of aryl methyl sites for hydroxylation is 2. The lowest BCUT2D eigenvalue weighted by Crippen LogP contribution is -2.39. The second kappa shape index (κ2) is 14.6. The molecule has 1 aromatic carbocycles. The molecule has 4 aromatic heterocycles. The van der Waals surface area contributed by atoms with Crippen molar-refractivity contribution in [3.8, 4) is 6.07 Å². The van der Waals surface area contributed by atoms with Crippen LogP contribution in [0.2, 0.25) is 0 Å². The lowest BCUT2D eigenvalue weighted by molar-refractivity contribution is -0.126. The predicted octanol–water partition coefficient (Wildman–Crippen LogP) is 6.82. The number of hydrogen-bond donors (Lipinski definition) is 3. The van der Waals surface area contributed by atoms with Gasteiger partial charge in [0.05, 0.1) is 35.4 Å². The summed E-state index contributed by atoms with van der Waals surface area (Å²) in [6, 6.07) is 13.3. The number of halogens is 3. The molecule has 5 aromatic rings. The molecule has 3 N–H and O–H groups in total. The van der Waals surface area contributed by atoms with Crippen LogP contribution in [-0.2, 0) is 30.7 Å². The molecule has 0 aliphatic carbocycles. The number of amides is 1. The second-order valence-corrected chi connectivity index (χ2v) is 13.6. The van der Waals surface area contributed by atoms with Gasteiger partial charge >= 0.3 is 6.18 Å². The van der Waals surface area contributed by atoms with Gasteiger partial charge in [-0.3, -0.25) is 14.7 Å². The molecule has 260 valence electrons. The number of aromatic nitrogens is 4. The largest absolute Gasteiger partial charge is 0.393 e.